The molecule has 1 aromatic heterocycles. The van der Waals surface area contributed by atoms with Crippen molar-refractivity contribution >= 4 is 29.3 Å². The molecule has 2 N–H and O–H groups in total. The minimum atomic E-state index is 0.0376. The number of hydrogen-bond donors (Lipinski definition) is 2. The number of piperazine rings is 1. The molecule has 1 aliphatic rings. The summed E-state index contributed by atoms with van der Waals surface area (Å²) < 4.78 is 0. The van der Waals surface area contributed by atoms with Crippen molar-refractivity contribution in [1.82, 2.24) is 15.3 Å². The molecular formula is C11H17N5OS. The smallest absolute Gasteiger partial charge is 0.239 e. The summed E-state index contributed by atoms with van der Waals surface area (Å²) in [5, 5.41) is 6.70. The normalized spacial score (nSPS) is 15.4. The van der Waals surface area contributed by atoms with E-state index in [1.54, 1.807) is 0 Å². The summed E-state index contributed by atoms with van der Waals surface area (Å²) in [4.78, 5) is 22.2. The zero-order chi connectivity index (χ0) is 13.0. The Bertz CT molecular complexity index is 439. The highest BCUT2D eigenvalue weighted by molar-refractivity contribution is 7.98. The average molecular weight is 267 g/mol. The Morgan fingerprint density at radius 2 is 2.39 bits per heavy atom. The molecule has 7 heteroatoms. The summed E-state index contributed by atoms with van der Waals surface area (Å²) in [5.74, 6) is 1.65. The van der Waals surface area contributed by atoms with Crippen LogP contribution >= 0.6 is 11.8 Å². The van der Waals surface area contributed by atoms with Gasteiger partial charge in [0.05, 0.1) is 6.54 Å². The predicted octanol–water partition coefficient (Wildman–Crippen LogP) is 0.566. The number of carbonyl (C=O) groups is 1. The summed E-state index contributed by atoms with van der Waals surface area (Å²) >= 11 is 1.50. The fourth-order valence-corrected chi connectivity index (χ4v) is 2.15. The van der Waals surface area contributed by atoms with Crippen LogP contribution in [0.1, 0.15) is 6.92 Å². The lowest BCUT2D eigenvalue weighted by Crippen LogP contribution is -2.48. The van der Waals surface area contributed by atoms with Gasteiger partial charge in [0.1, 0.15) is 11.6 Å². The molecule has 2 heterocycles. The average Bonchev–Trinajstić information content (AvgIpc) is 2.39. The topological polar surface area (TPSA) is 70.2 Å². The molecule has 0 aliphatic carbocycles. The molecule has 1 aromatic rings. The maximum Gasteiger partial charge on any atom is 0.239 e. The zero-order valence-corrected chi connectivity index (χ0v) is 11.4. The van der Waals surface area contributed by atoms with Crippen LogP contribution in [0.5, 0.6) is 0 Å². The van der Waals surface area contributed by atoms with Gasteiger partial charge in [-0.05, 0) is 13.2 Å². The van der Waals surface area contributed by atoms with Crippen molar-refractivity contribution in [2.75, 3.05) is 42.7 Å². The van der Waals surface area contributed by atoms with E-state index in [0.29, 0.717) is 13.1 Å². The van der Waals surface area contributed by atoms with Crippen molar-refractivity contribution in [2.45, 2.75) is 12.1 Å². The van der Waals surface area contributed by atoms with E-state index in [4.69, 9.17) is 0 Å². The van der Waals surface area contributed by atoms with E-state index in [0.717, 1.165) is 29.9 Å². The molecule has 0 bridgehead atoms. The fraction of sp³-hybridized carbons (Fsp3) is 0.545. The largest absolute Gasteiger partial charge is 0.370 e. The number of hydrogen-bond acceptors (Lipinski definition) is 6. The van der Waals surface area contributed by atoms with Crippen LogP contribution in [0.25, 0.3) is 0 Å². The Morgan fingerprint density at radius 3 is 3.06 bits per heavy atom. The fourth-order valence-electron chi connectivity index (χ4n) is 1.77. The monoisotopic (exact) mass is 267 g/mol. The van der Waals surface area contributed by atoms with Gasteiger partial charge in [0.2, 0.25) is 5.91 Å². The second kappa shape index (κ2) is 5.90. The van der Waals surface area contributed by atoms with Gasteiger partial charge in [-0.2, -0.15) is 0 Å². The van der Waals surface area contributed by atoms with Gasteiger partial charge in [0.25, 0.3) is 0 Å². The van der Waals surface area contributed by atoms with Crippen molar-refractivity contribution in [2.24, 2.45) is 0 Å². The highest BCUT2D eigenvalue weighted by Gasteiger charge is 2.18. The third-order valence-electron chi connectivity index (χ3n) is 2.59. The second-order valence-corrected chi connectivity index (χ2v) is 4.67. The molecule has 0 radical (unpaired) electrons. The third kappa shape index (κ3) is 3.04. The van der Waals surface area contributed by atoms with Crippen LogP contribution in [0.2, 0.25) is 0 Å². The first-order chi connectivity index (χ1) is 8.72. The number of aromatic nitrogens is 2. The van der Waals surface area contributed by atoms with E-state index in [1.807, 2.05) is 24.1 Å². The van der Waals surface area contributed by atoms with Crippen molar-refractivity contribution in [3.8, 4) is 0 Å². The van der Waals surface area contributed by atoms with Crippen LogP contribution in [0.4, 0.5) is 11.6 Å². The molecule has 0 unspecified atom stereocenters. The van der Waals surface area contributed by atoms with Gasteiger partial charge in [0, 0.05) is 25.7 Å². The first kappa shape index (κ1) is 12.9. The van der Waals surface area contributed by atoms with Crippen molar-refractivity contribution in [3.05, 3.63) is 6.07 Å². The first-order valence-electron chi connectivity index (χ1n) is 5.91. The Balaban J connectivity index is 2.24. The van der Waals surface area contributed by atoms with Gasteiger partial charge in [-0.1, -0.05) is 11.8 Å². The quantitative estimate of drug-likeness (QED) is 0.614. The van der Waals surface area contributed by atoms with Crippen molar-refractivity contribution in [3.63, 3.8) is 0 Å². The molecule has 0 atom stereocenters. The number of nitrogens with one attached hydrogen (secondary N) is 2. The maximum atomic E-state index is 11.4. The highest BCUT2D eigenvalue weighted by Crippen LogP contribution is 2.20. The van der Waals surface area contributed by atoms with Crippen LogP contribution in [0.15, 0.2) is 11.2 Å². The summed E-state index contributed by atoms with van der Waals surface area (Å²) in [6.45, 7) is 4.63. The molecule has 98 valence electrons. The van der Waals surface area contributed by atoms with Crippen molar-refractivity contribution in [1.29, 1.82) is 0 Å². The summed E-state index contributed by atoms with van der Waals surface area (Å²) in [7, 11) is 0. The predicted molar refractivity (Wildman–Crippen MR) is 73.2 cm³/mol. The molecule has 1 amide bonds. The minimum absolute atomic E-state index is 0.0376. The molecule has 0 saturated carbocycles. The number of thioether (sulfide) groups is 1. The van der Waals surface area contributed by atoms with E-state index in [1.165, 1.54) is 11.8 Å². The Labute approximate surface area is 111 Å². The number of nitrogens with zero attached hydrogens (tertiary/aromatic N) is 3. The SMILES string of the molecule is CCNc1cc(N2CCNC(=O)C2)nc(SC)n1. The van der Waals surface area contributed by atoms with E-state index in [9.17, 15) is 4.79 Å². The summed E-state index contributed by atoms with van der Waals surface area (Å²) in [6.07, 6.45) is 1.94. The zero-order valence-electron chi connectivity index (χ0n) is 10.6. The Morgan fingerprint density at radius 1 is 1.56 bits per heavy atom. The molecular weight excluding hydrogens is 250 g/mol. The van der Waals surface area contributed by atoms with Gasteiger partial charge < -0.3 is 15.5 Å². The summed E-state index contributed by atoms with van der Waals surface area (Å²) in [6, 6.07) is 1.89. The van der Waals surface area contributed by atoms with E-state index in [-0.39, 0.29) is 5.91 Å². The van der Waals surface area contributed by atoms with Crippen LogP contribution in [-0.4, -0.2) is 48.3 Å². The van der Waals surface area contributed by atoms with Gasteiger partial charge in [0.15, 0.2) is 5.16 Å². The number of amides is 1. The molecule has 1 saturated heterocycles. The lowest BCUT2D eigenvalue weighted by Gasteiger charge is -2.28. The lowest BCUT2D eigenvalue weighted by molar-refractivity contribution is -0.120. The van der Waals surface area contributed by atoms with E-state index < -0.39 is 0 Å². The van der Waals surface area contributed by atoms with Gasteiger partial charge in [-0.15, -0.1) is 0 Å². The maximum absolute atomic E-state index is 11.4. The second-order valence-electron chi connectivity index (χ2n) is 3.90. The molecule has 0 aromatic carbocycles. The van der Waals surface area contributed by atoms with Crippen LogP contribution in [0, 0.1) is 0 Å². The Kier molecular flexibility index (Phi) is 4.24. The number of anilines is 2. The number of carbonyl (C=O) groups excluding carboxylic acids is 1. The Hall–Kier alpha value is -1.50. The standard InChI is InChI=1S/C11H17N5OS/c1-3-12-8-6-9(15-11(14-8)18-2)16-5-4-13-10(17)7-16/h6H,3-5,7H2,1-2H3,(H,13,17)(H,12,14,15). The van der Waals surface area contributed by atoms with E-state index in [2.05, 4.69) is 20.6 Å². The lowest BCUT2D eigenvalue weighted by atomic mass is 10.3. The molecule has 2 rings (SSSR count). The number of rotatable bonds is 4. The van der Waals surface area contributed by atoms with E-state index >= 15 is 0 Å². The van der Waals surface area contributed by atoms with Crippen LogP contribution in [-0.2, 0) is 4.79 Å². The molecule has 0 spiro atoms. The molecule has 1 fully saturated rings. The molecule has 1 aliphatic heterocycles. The van der Waals surface area contributed by atoms with Gasteiger partial charge >= 0.3 is 0 Å². The van der Waals surface area contributed by atoms with Gasteiger partial charge in [-0.25, -0.2) is 9.97 Å². The van der Waals surface area contributed by atoms with Crippen LogP contribution in [0.3, 0.4) is 0 Å². The van der Waals surface area contributed by atoms with Gasteiger partial charge in [-0.3, -0.25) is 4.79 Å². The minimum Gasteiger partial charge on any atom is -0.370 e. The highest BCUT2D eigenvalue weighted by atomic mass is 32.2. The summed E-state index contributed by atoms with van der Waals surface area (Å²) in [5.41, 5.74) is 0. The first-order valence-corrected chi connectivity index (χ1v) is 7.14. The molecule has 6 nitrogen and oxygen atoms in total. The van der Waals surface area contributed by atoms with Crippen molar-refractivity contribution < 1.29 is 4.79 Å². The van der Waals surface area contributed by atoms with Crippen LogP contribution < -0.4 is 15.5 Å². The molecule has 18 heavy (non-hydrogen) atoms. The third-order valence-corrected chi connectivity index (χ3v) is 3.14.